The number of hydrogen-bond acceptors (Lipinski definition) is 2. The third kappa shape index (κ3) is 3.29. The fourth-order valence-electron chi connectivity index (χ4n) is 3.56. The monoisotopic (exact) mass is 370 g/mol. The van der Waals surface area contributed by atoms with Crippen molar-refractivity contribution in [3.8, 4) is 0 Å². The van der Waals surface area contributed by atoms with Crippen LogP contribution in [0.25, 0.3) is 0 Å². The van der Waals surface area contributed by atoms with E-state index in [0.717, 1.165) is 28.1 Å². The number of aryl methyl sites for hydroxylation is 2. The molecular weight excluding hydrogens is 348 g/mol. The first-order chi connectivity index (χ1) is 13.5. The molecule has 140 valence electrons. The van der Waals surface area contributed by atoms with Gasteiger partial charge in [-0.3, -0.25) is 14.5 Å². The average Bonchev–Trinajstić information content (AvgIpc) is 2.71. The summed E-state index contributed by atoms with van der Waals surface area (Å²) in [6.45, 7) is 4.03. The Morgan fingerprint density at radius 2 is 1.25 bits per heavy atom. The van der Waals surface area contributed by atoms with Gasteiger partial charge < -0.3 is 4.90 Å². The van der Waals surface area contributed by atoms with Crippen LogP contribution in [0.4, 0.5) is 11.4 Å². The quantitative estimate of drug-likeness (QED) is 0.685. The molecule has 3 aromatic rings. The molecule has 4 rings (SSSR count). The normalized spacial score (nSPS) is 17.1. The highest BCUT2D eigenvalue weighted by Crippen LogP contribution is 2.34. The zero-order valence-corrected chi connectivity index (χ0v) is 16.0. The molecule has 0 saturated carbocycles. The third-order valence-electron chi connectivity index (χ3n) is 5.09. The highest BCUT2D eigenvalue weighted by molar-refractivity contribution is 6.14. The van der Waals surface area contributed by atoms with Crippen molar-refractivity contribution in [2.75, 3.05) is 16.3 Å². The van der Waals surface area contributed by atoms with Gasteiger partial charge >= 0.3 is 0 Å². The first-order valence-electron chi connectivity index (χ1n) is 9.36. The molecule has 0 aliphatic carbocycles. The van der Waals surface area contributed by atoms with Crippen molar-refractivity contribution < 1.29 is 9.59 Å². The summed E-state index contributed by atoms with van der Waals surface area (Å²) in [7, 11) is 0. The van der Waals surface area contributed by atoms with Crippen LogP contribution < -0.4 is 9.80 Å². The fraction of sp³-hybridized carbons (Fsp3) is 0.167. The van der Waals surface area contributed by atoms with Crippen LogP contribution in [-0.4, -0.2) is 18.4 Å². The number of rotatable bonds is 3. The minimum absolute atomic E-state index is 0.0269. The molecule has 4 heteroatoms. The SMILES string of the molecule is Cc1ccc(N2CC(=O)N(c3ccc(C)cc3)[C@H](c3ccccc3)C2=O)cc1. The average molecular weight is 370 g/mol. The smallest absolute Gasteiger partial charge is 0.255 e. The second-order valence-corrected chi connectivity index (χ2v) is 7.17. The molecule has 28 heavy (non-hydrogen) atoms. The standard InChI is InChI=1S/C24H22N2O2/c1-17-8-12-20(13-9-17)25-16-22(27)26(21-14-10-18(2)11-15-21)23(24(25)28)19-6-4-3-5-7-19/h3-15,23H,16H2,1-2H3/t23-/m1/s1. The number of piperazine rings is 1. The summed E-state index contributed by atoms with van der Waals surface area (Å²) < 4.78 is 0. The summed E-state index contributed by atoms with van der Waals surface area (Å²) >= 11 is 0. The Kier molecular flexibility index (Phi) is 4.70. The number of hydrogen-bond donors (Lipinski definition) is 0. The van der Waals surface area contributed by atoms with Crippen molar-refractivity contribution in [1.29, 1.82) is 0 Å². The number of nitrogens with zero attached hydrogens (tertiary/aromatic N) is 2. The first kappa shape index (κ1) is 18.0. The van der Waals surface area contributed by atoms with E-state index in [-0.39, 0.29) is 18.4 Å². The van der Waals surface area contributed by atoms with Gasteiger partial charge in [0, 0.05) is 11.4 Å². The lowest BCUT2D eigenvalue weighted by Gasteiger charge is -2.40. The number of benzene rings is 3. The summed E-state index contributed by atoms with van der Waals surface area (Å²) in [6, 6.07) is 24.2. The minimum atomic E-state index is -0.688. The maximum absolute atomic E-state index is 13.5. The maximum Gasteiger partial charge on any atom is 0.255 e. The van der Waals surface area contributed by atoms with Gasteiger partial charge in [0.15, 0.2) is 0 Å². The molecule has 0 radical (unpaired) electrons. The molecule has 4 nitrogen and oxygen atoms in total. The van der Waals surface area contributed by atoms with Crippen LogP contribution in [-0.2, 0) is 9.59 Å². The molecule has 1 atom stereocenters. The second-order valence-electron chi connectivity index (χ2n) is 7.17. The van der Waals surface area contributed by atoms with Crippen molar-refractivity contribution in [3.63, 3.8) is 0 Å². The Hall–Kier alpha value is -3.40. The Labute approximate surface area is 165 Å². The number of anilines is 2. The molecule has 1 saturated heterocycles. The van der Waals surface area contributed by atoms with Crippen molar-refractivity contribution in [3.05, 3.63) is 95.6 Å². The zero-order chi connectivity index (χ0) is 19.7. The predicted octanol–water partition coefficient (Wildman–Crippen LogP) is 4.42. The minimum Gasteiger partial charge on any atom is -0.301 e. The van der Waals surface area contributed by atoms with E-state index < -0.39 is 6.04 Å². The van der Waals surface area contributed by atoms with E-state index in [1.165, 1.54) is 0 Å². The highest BCUT2D eigenvalue weighted by Gasteiger charge is 2.41. The fourth-order valence-corrected chi connectivity index (χ4v) is 3.56. The van der Waals surface area contributed by atoms with Gasteiger partial charge in [-0.05, 0) is 43.7 Å². The van der Waals surface area contributed by atoms with Crippen LogP contribution in [0.15, 0.2) is 78.9 Å². The second kappa shape index (κ2) is 7.31. The van der Waals surface area contributed by atoms with E-state index in [0.29, 0.717) is 0 Å². The van der Waals surface area contributed by atoms with Gasteiger partial charge in [-0.1, -0.05) is 65.7 Å². The molecule has 1 aliphatic rings. The predicted molar refractivity (Wildman–Crippen MR) is 111 cm³/mol. The summed E-state index contributed by atoms with van der Waals surface area (Å²) in [5, 5.41) is 0. The largest absolute Gasteiger partial charge is 0.301 e. The Bertz CT molecular complexity index is 995. The van der Waals surface area contributed by atoms with Crippen molar-refractivity contribution in [2.45, 2.75) is 19.9 Å². The van der Waals surface area contributed by atoms with E-state index in [4.69, 9.17) is 0 Å². The van der Waals surface area contributed by atoms with Gasteiger partial charge in [-0.25, -0.2) is 0 Å². The van der Waals surface area contributed by atoms with Gasteiger partial charge in [0.25, 0.3) is 5.91 Å². The lowest BCUT2D eigenvalue weighted by molar-refractivity contribution is -0.128. The number of carbonyl (C=O) groups is 2. The van der Waals surface area contributed by atoms with Gasteiger partial charge in [-0.2, -0.15) is 0 Å². The molecule has 0 aromatic heterocycles. The van der Waals surface area contributed by atoms with Crippen LogP contribution in [0.3, 0.4) is 0 Å². The van der Waals surface area contributed by atoms with Gasteiger partial charge in [-0.15, -0.1) is 0 Å². The van der Waals surface area contributed by atoms with E-state index in [2.05, 4.69) is 0 Å². The van der Waals surface area contributed by atoms with Crippen molar-refractivity contribution >= 4 is 23.2 Å². The van der Waals surface area contributed by atoms with E-state index >= 15 is 0 Å². The summed E-state index contributed by atoms with van der Waals surface area (Å²) in [5.41, 5.74) is 4.51. The molecule has 0 N–H and O–H groups in total. The summed E-state index contributed by atoms with van der Waals surface area (Å²) in [6.07, 6.45) is 0. The van der Waals surface area contributed by atoms with Gasteiger partial charge in [0.05, 0.1) is 0 Å². The molecule has 3 aromatic carbocycles. The summed E-state index contributed by atoms with van der Waals surface area (Å²) in [4.78, 5) is 29.9. The van der Waals surface area contributed by atoms with Crippen LogP contribution in [0.2, 0.25) is 0 Å². The van der Waals surface area contributed by atoms with E-state index in [9.17, 15) is 9.59 Å². The van der Waals surface area contributed by atoms with Crippen molar-refractivity contribution in [2.24, 2.45) is 0 Å². The van der Waals surface area contributed by atoms with Crippen LogP contribution in [0.5, 0.6) is 0 Å². The lowest BCUT2D eigenvalue weighted by Crippen LogP contribution is -2.56. The van der Waals surface area contributed by atoms with Crippen molar-refractivity contribution in [1.82, 2.24) is 0 Å². The van der Waals surface area contributed by atoms with E-state index in [1.54, 1.807) is 9.80 Å². The van der Waals surface area contributed by atoms with Gasteiger partial charge in [0.1, 0.15) is 12.6 Å². The molecule has 1 fully saturated rings. The third-order valence-corrected chi connectivity index (χ3v) is 5.09. The number of amides is 2. The lowest BCUT2D eigenvalue weighted by atomic mass is 9.99. The zero-order valence-electron chi connectivity index (χ0n) is 16.0. The van der Waals surface area contributed by atoms with Crippen LogP contribution >= 0.6 is 0 Å². The molecule has 2 amide bonds. The van der Waals surface area contributed by atoms with E-state index in [1.807, 2.05) is 92.7 Å². The Morgan fingerprint density at radius 1 is 0.714 bits per heavy atom. The molecular formula is C24H22N2O2. The Morgan fingerprint density at radius 3 is 1.82 bits per heavy atom. The molecule has 0 unspecified atom stereocenters. The first-order valence-corrected chi connectivity index (χ1v) is 9.36. The molecule has 0 spiro atoms. The summed E-state index contributed by atoms with van der Waals surface area (Å²) in [5.74, 6) is -0.201. The van der Waals surface area contributed by atoms with Crippen LogP contribution in [0.1, 0.15) is 22.7 Å². The maximum atomic E-state index is 13.5. The number of carbonyl (C=O) groups excluding carboxylic acids is 2. The highest BCUT2D eigenvalue weighted by atomic mass is 16.2. The molecule has 1 aliphatic heterocycles. The molecule has 1 heterocycles. The Balaban J connectivity index is 1.79. The van der Waals surface area contributed by atoms with Gasteiger partial charge in [0.2, 0.25) is 5.91 Å². The van der Waals surface area contributed by atoms with Crippen LogP contribution in [0, 0.1) is 13.8 Å². The topological polar surface area (TPSA) is 40.6 Å². The molecule has 0 bridgehead atoms.